The molecule has 0 atom stereocenters. The van der Waals surface area contributed by atoms with Crippen LogP contribution in [0.3, 0.4) is 0 Å². The van der Waals surface area contributed by atoms with Crippen molar-refractivity contribution in [2.24, 2.45) is 5.92 Å². The summed E-state index contributed by atoms with van der Waals surface area (Å²) in [4.78, 5) is 10.7. The molecule has 2 nitrogen and oxygen atoms in total. The summed E-state index contributed by atoms with van der Waals surface area (Å²) in [5.41, 5.74) is 0. The SMILES string of the molecule is CC(C)CCCCC(=O)O[SiH3]. The predicted octanol–water partition coefficient (Wildman–Crippen LogP) is 1.03. The van der Waals surface area contributed by atoms with E-state index in [9.17, 15) is 4.79 Å². The van der Waals surface area contributed by atoms with Crippen molar-refractivity contribution in [2.45, 2.75) is 39.5 Å². The van der Waals surface area contributed by atoms with Crippen molar-refractivity contribution in [1.29, 1.82) is 0 Å². The van der Waals surface area contributed by atoms with Gasteiger partial charge in [-0.3, -0.25) is 4.79 Å². The molecular formula is C8H18O2Si. The number of unbranched alkanes of at least 4 members (excludes halogenated alkanes) is 1. The highest BCUT2D eigenvalue weighted by Gasteiger charge is 1.99. The van der Waals surface area contributed by atoms with Gasteiger partial charge in [0, 0.05) is 6.42 Å². The largest absolute Gasteiger partial charge is 0.529 e. The molecule has 0 aromatic carbocycles. The number of hydrogen-bond donors (Lipinski definition) is 0. The zero-order valence-corrected chi connectivity index (χ0v) is 9.72. The van der Waals surface area contributed by atoms with E-state index in [1.807, 2.05) is 0 Å². The zero-order valence-electron chi connectivity index (χ0n) is 7.72. The summed E-state index contributed by atoms with van der Waals surface area (Å²) in [5.74, 6) is 0.724. The monoisotopic (exact) mass is 174 g/mol. The molecule has 0 aromatic heterocycles. The van der Waals surface area contributed by atoms with Gasteiger partial charge in [0.1, 0.15) is 0 Å². The van der Waals surface area contributed by atoms with Gasteiger partial charge in [0.05, 0.1) is 0 Å². The van der Waals surface area contributed by atoms with Gasteiger partial charge in [0.25, 0.3) is 5.97 Å². The van der Waals surface area contributed by atoms with Crippen molar-refractivity contribution in [2.75, 3.05) is 0 Å². The smallest absolute Gasteiger partial charge is 0.291 e. The fourth-order valence-electron chi connectivity index (χ4n) is 0.924. The van der Waals surface area contributed by atoms with Gasteiger partial charge < -0.3 is 4.43 Å². The van der Waals surface area contributed by atoms with Crippen molar-refractivity contribution < 1.29 is 9.22 Å². The summed E-state index contributed by atoms with van der Waals surface area (Å²) in [6.07, 6.45) is 3.96. The molecule has 0 saturated carbocycles. The van der Waals surface area contributed by atoms with Gasteiger partial charge in [-0.05, 0) is 12.3 Å². The van der Waals surface area contributed by atoms with E-state index in [-0.39, 0.29) is 5.97 Å². The molecular weight excluding hydrogens is 156 g/mol. The van der Waals surface area contributed by atoms with E-state index in [1.54, 1.807) is 0 Å². The fourth-order valence-corrected chi connectivity index (χ4v) is 1.13. The summed E-state index contributed by atoms with van der Waals surface area (Å²) in [5, 5.41) is 0. The molecule has 0 spiro atoms. The molecule has 0 aliphatic heterocycles. The van der Waals surface area contributed by atoms with Gasteiger partial charge in [-0.25, -0.2) is 0 Å². The Kier molecular flexibility index (Phi) is 6.22. The second kappa shape index (κ2) is 6.40. The van der Waals surface area contributed by atoms with Gasteiger partial charge in [-0.2, -0.15) is 0 Å². The van der Waals surface area contributed by atoms with Crippen LogP contribution in [-0.2, 0) is 9.22 Å². The maximum Gasteiger partial charge on any atom is 0.291 e. The molecule has 0 aliphatic carbocycles. The molecule has 0 radical (unpaired) electrons. The van der Waals surface area contributed by atoms with E-state index >= 15 is 0 Å². The molecule has 0 fully saturated rings. The minimum atomic E-state index is -0.0274. The molecule has 0 saturated heterocycles. The maximum atomic E-state index is 10.7. The number of carbonyl (C=O) groups excluding carboxylic acids is 1. The first-order chi connectivity index (χ1) is 5.16. The average molecular weight is 174 g/mol. The Morgan fingerprint density at radius 3 is 2.55 bits per heavy atom. The summed E-state index contributed by atoms with van der Waals surface area (Å²) >= 11 is 0. The fraction of sp³-hybridized carbons (Fsp3) is 0.875. The van der Waals surface area contributed by atoms with Gasteiger partial charge in [0.2, 0.25) is 10.5 Å². The van der Waals surface area contributed by atoms with E-state index in [4.69, 9.17) is 0 Å². The van der Waals surface area contributed by atoms with Crippen LogP contribution in [0.2, 0.25) is 0 Å². The normalized spacial score (nSPS) is 10.5. The first-order valence-electron chi connectivity index (χ1n) is 4.23. The Morgan fingerprint density at radius 1 is 1.45 bits per heavy atom. The molecule has 0 aromatic rings. The molecule has 0 N–H and O–H groups in total. The number of carbonyl (C=O) groups is 1. The third kappa shape index (κ3) is 7.59. The van der Waals surface area contributed by atoms with Crippen LogP contribution in [0.1, 0.15) is 39.5 Å². The molecule has 0 aliphatic rings. The number of hydrogen-bond acceptors (Lipinski definition) is 2. The van der Waals surface area contributed by atoms with Crippen LogP contribution in [0, 0.1) is 5.92 Å². The van der Waals surface area contributed by atoms with Gasteiger partial charge in [-0.1, -0.05) is 26.7 Å². The third-order valence-corrected chi connectivity index (χ3v) is 2.10. The van der Waals surface area contributed by atoms with Crippen LogP contribution < -0.4 is 0 Å². The van der Waals surface area contributed by atoms with Gasteiger partial charge in [0.15, 0.2) is 0 Å². The summed E-state index contributed by atoms with van der Waals surface area (Å²) < 4.78 is 4.66. The Morgan fingerprint density at radius 2 is 2.09 bits per heavy atom. The lowest BCUT2D eigenvalue weighted by Crippen LogP contribution is -2.00. The summed E-state index contributed by atoms with van der Waals surface area (Å²) in [6.45, 7) is 4.40. The lowest BCUT2D eigenvalue weighted by Gasteiger charge is -2.02. The molecule has 11 heavy (non-hydrogen) atoms. The first-order valence-corrected chi connectivity index (χ1v) is 5.05. The first kappa shape index (κ1) is 10.7. The van der Waals surface area contributed by atoms with Gasteiger partial charge in [-0.15, -0.1) is 0 Å². The van der Waals surface area contributed by atoms with E-state index in [0.717, 1.165) is 18.8 Å². The average Bonchev–Trinajstić information content (AvgIpc) is 1.97. The lowest BCUT2D eigenvalue weighted by atomic mass is 10.1. The maximum absolute atomic E-state index is 10.7. The molecule has 0 unspecified atom stereocenters. The Labute approximate surface area is 71.9 Å². The van der Waals surface area contributed by atoms with Crippen molar-refractivity contribution in [3.63, 3.8) is 0 Å². The van der Waals surface area contributed by atoms with Crippen molar-refractivity contribution >= 4 is 16.5 Å². The van der Waals surface area contributed by atoms with Crippen molar-refractivity contribution in [1.82, 2.24) is 0 Å². The predicted molar refractivity (Wildman–Crippen MR) is 49.3 cm³/mol. The Bertz CT molecular complexity index is 113. The molecule has 3 heteroatoms. The quantitative estimate of drug-likeness (QED) is 0.459. The van der Waals surface area contributed by atoms with Crippen molar-refractivity contribution in [3.05, 3.63) is 0 Å². The van der Waals surface area contributed by atoms with Crippen LogP contribution in [0.5, 0.6) is 0 Å². The highest BCUT2D eigenvalue weighted by molar-refractivity contribution is 6.05. The highest BCUT2D eigenvalue weighted by atomic mass is 28.2. The second-order valence-electron chi connectivity index (χ2n) is 3.22. The van der Waals surface area contributed by atoms with Crippen molar-refractivity contribution in [3.8, 4) is 0 Å². The minimum Gasteiger partial charge on any atom is -0.529 e. The molecule has 0 rings (SSSR count). The molecule has 0 bridgehead atoms. The second-order valence-corrected chi connectivity index (χ2v) is 3.62. The minimum absolute atomic E-state index is 0.0274. The topological polar surface area (TPSA) is 26.3 Å². The number of rotatable bonds is 5. The van der Waals surface area contributed by atoms with E-state index in [1.165, 1.54) is 6.42 Å². The molecule has 0 heterocycles. The van der Waals surface area contributed by atoms with E-state index < -0.39 is 0 Å². The zero-order chi connectivity index (χ0) is 8.69. The van der Waals surface area contributed by atoms with Crippen LogP contribution in [0.15, 0.2) is 0 Å². The summed E-state index contributed by atoms with van der Waals surface area (Å²) in [7, 11) is 0.538. The standard InChI is InChI=1S/C8H18O2Si/c1-7(2)5-3-4-6-8(9)10-11/h7H,3-6H2,1-2,11H3. The van der Waals surface area contributed by atoms with E-state index in [2.05, 4.69) is 18.3 Å². The Hall–Kier alpha value is -0.313. The highest BCUT2D eigenvalue weighted by Crippen LogP contribution is 2.07. The third-order valence-electron chi connectivity index (χ3n) is 1.64. The van der Waals surface area contributed by atoms with Crippen LogP contribution in [-0.4, -0.2) is 16.5 Å². The summed E-state index contributed by atoms with van der Waals surface area (Å²) in [6, 6.07) is 0. The molecule has 66 valence electrons. The lowest BCUT2D eigenvalue weighted by molar-refractivity contribution is -0.134. The van der Waals surface area contributed by atoms with Gasteiger partial charge >= 0.3 is 0 Å². The molecule has 0 amide bonds. The van der Waals surface area contributed by atoms with E-state index in [0.29, 0.717) is 16.9 Å². The van der Waals surface area contributed by atoms with Crippen LogP contribution >= 0.6 is 0 Å². The van der Waals surface area contributed by atoms with Crippen LogP contribution in [0.4, 0.5) is 0 Å². The van der Waals surface area contributed by atoms with Crippen LogP contribution in [0.25, 0.3) is 0 Å². The Balaban J connectivity index is 3.08.